The molecule has 116 valence electrons. The summed E-state index contributed by atoms with van der Waals surface area (Å²) in [5.74, 6) is 0.355. The number of carbonyl (C=O) groups excluding carboxylic acids is 1. The molecule has 0 radical (unpaired) electrons. The van der Waals surface area contributed by atoms with Gasteiger partial charge in [0.05, 0.1) is 0 Å². The van der Waals surface area contributed by atoms with Crippen LogP contribution in [0.4, 0.5) is 0 Å². The number of Topliss-reactive ketones (excluding diaryl/α,β-unsaturated/α-hetero) is 1. The molecule has 0 aromatic heterocycles. The Balaban J connectivity index is 2.28. The molecule has 1 N–H and O–H groups in total. The Hall–Kier alpha value is -2.61. The minimum absolute atomic E-state index is 0.141. The number of hydrogen-bond acceptors (Lipinski definition) is 2. The van der Waals surface area contributed by atoms with E-state index in [0.717, 1.165) is 40.3 Å². The van der Waals surface area contributed by atoms with Crippen molar-refractivity contribution in [1.29, 1.82) is 0 Å². The predicted octanol–water partition coefficient (Wildman–Crippen LogP) is 5.59. The lowest BCUT2D eigenvalue weighted by Gasteiger charge is -2.14. The van der Waals surface area contributed by atoms with Gasteiger partial charge in [-0.3, -0.25) is 4.79 Å². The minimum atomic E-state index is 0.141. The quantitative estimate of drug-likeness (QED) is 0.624. The van der Waals surface area contributed by atoms with Gasteiger partial charge >= 0.3 is 0 Å². The van der Waals surface area contributed by atoms with E-state index in [1.54, 1.807) is 6.07 Å². The number of rotatable bonds is 5. The number of aromatic hydroxyl groups is 1. The zero-order valence-electron chi connectivity index (χ0n) is 13.3. The maximum atomic E-state index is 12.8. The highest BCUT2D eigenvalue weighted by Crippen LogP contribution is 2.37. The van der Waals surface area contributed by atoms with E-state index in [2.05, 4.69) is 6.92 Å². The van der Waals surface area contributed by atoms with Crippen molar-refractivity contribution >= 4 is 16.6 Å². The topological polar surface area (TPSA) is 37.3 Å². The van der Waals surface area contributed by atoms with Gasteiger partial charge in [-0.15, -0.1) is 0 Å². The third-order valence-electron chi connectivity index (χ3n) is 4.14. The number of phenolic OH excluding ortho intramolecular Hbond substituents is 1. The van der Waals surface area contributed by atoms with E-state index in [-0.39, 0.29) is 11.5 Å². The standard InChI is InChI=1S/C21H20O2/c1-2-3-13-19(22)21-17-12-8-7-11-16(17)20(23)14-18(21)15-9-5-4-6-10-15/h4-12,14,23H,2-3,13H2,1H3. The molecule has 23 heavy (non-hydrogen) atoms. The van der Waals surface area contributed by atoms with Crippen molar-refractivity contribution in [1.82, 2.24) is 0 Å². The van der Waals surface area contributed by atoms with Crippen molar-refractivity contribution in [2.45, 2.75) is 26.2 Å². The fraction of sp³-hybridized carbons (Fsp3) is 0.190. The molecule has 2 nitrogen and oxygen atoms in total. The van der Waals surface area contributed by atoms with Crippen molar-refractivity contribution in [3.05, 3.63) is 66.2 Å². The van der Waals surface area contributed by atoms with Crippen LogP contribution in [0.25, 0.3) is 21.9 Å². The van der Waals surface area contributed by atoms with Crippen LogP contribution in [0, 0.1) is 0 Å². The maximum absolute atomic E-state index is 12.8. The fourth-order valence-electron chi connectivity index (χ4n) is 2.96. The van der Waals surface area contributed by atoms with Gasteiger partial charge in [0.1, 0.15) is 5.75 Å². The summed E-state index contributed by atoms with van der Waals surface area (Å²) in [5, 5.41) is 11.9. The molecular weight excluding hydrogens is 284 g/mol. The second-order valence-electron chi connectivity index (χ2n) is 5.76. The highest BCUT2D eigenvalue weighted by atomic mass is 16.3. The van der Waals surface area contributed by atoms with Crippen LogP contribution < -0.4 is 0 Å². The summed E-state index contributed by atoms with van der Waals surface area (Å²) in [5.41, 5.74) is 2.48. The Morgan fingerprint density at radius 1 is 0.957 bits per heavy atom. The van der Waals surface area contributed by atoms with Gasteiger partial charge in [-0.05, 0) is 29.0 Å². The summed E-state index contributed by atoms with van der Waals surface area (Å²) in [6.07, 6.45) is 2.40. The molecule has 0 bridgehead atoms. The second kappa shape index (κ2) is 6.66. The van der Waals surface area contributed by atoms with E-state index < -0.39 is 0 Å². The molecule has 0 fully saturated rings. The van der Waals surface area contributed by atoms with Gasteiger partial charge in [-0.1, -0.05) is 67.9 Å². The van der Waals surface area contributed by atoms with Crippen molar-refractivity contribution in [3.63, 3.8) is 0 Å². The summed E-state index contributed by atoms with van der Waals surface area (Å²) >= 11 is 0. The summed E-state index contributed by atoms with van der Waals surface area (Å²) in [6, 6.07) is 19.1. The first-order valence-corrected chi connectivity index (χ1v) is 8.05. The number of unbranched alkanes of at least 4 members (excludes halogenated alkanes) is 1. The van der Waals surface area contributed by atoms with Gasteiger partial charge < -0.3 is 5.11 Å². The lowest BCUT2D eigenvalue weighted by atomic mass is 9.89. The molecule has 0 amide bonds. The number of fused-ring (bicyclic) bond motifs is 1. The average Bonchev–Trinajstić information content (AvgIpc) is 2.60. The Morgan fingerprint density at radius 3 is 2.30 bits per heavy atom. The normalized spacial score (nSPS) is 10.8. The lowest BCUT2D eigenvalue weighted by Crippen LogP contribution is -2.03. The van der Waals surface area contributed by atoms with Crippen molar-refractivity contribution in [3.8, 4) is 16.9 Å². The van der Waals surface area contributed by atoms with Crippen LogP contribution in [0.15, 0.2) is 60.7 Å². The van der Waals surface area contributed by atoms with Crippen molar-refractivity contribution < 1.29 is 9.90 Å². The molecule has 0 heterocycles. The molecule has 3 aromatic rings. The van der Waals surface area contributed by atoms with Crippen LogP contribution in [0.2, 0.25) is 0 Å². The van der Waals surface area contributed by atoms with Gasteiger partial charge in [-0.2, -0.15) is 0 Å². The summed E-state index contributed by atoms with van der Waals surface area (Å²) in [4.78, 5) is 12.8. The summed E-state index contributed by atoms with van der Waals surface area (Å²) < 4.78 is 0. The van der Waals surface area contributed by atoms with E-state index in [0.29, 0.717) is 6.42 Å². The molecule has 0 aliphatic carbocycles. The summed E-state index contributed by atoms with van der Waals surface area (Å²) in [7, 11) is 0. The molecule has 3 rings (SSSR count). The molecular formula is C21H20O2. The number of hydrogen-bond donors (Lipinski definition) is 1. The van der Waals surface area contributed by atoms with E-state index in [1.165, 1.54) is 0 Å². The number of carbonyl (C=O) groups is 1. The van der Waals surface area contributed by atoms with Crippen LogP contribution >= 0.6 is 0 Å². The van der Waals surface area contributed by atoms with Gasteiger partial charge in [0.25, 0.3) is 0 Å². The Kier molecular flexibility index (Phi) is 4.42. The predicted molar refractivity (Wildman–Crippen MR) is 94.9 cm³/mol. The van der Waals surface area contributed by atoms with Gasteiger partial charge in [0.15, 0.2) is 5.78 Å². The largest absolute Gasteiger partial charge is 0.507 e. The van der Waals surface area contributed by atoms with Crippen LogP contribution in [-0.4, -0.2) is 10.9 Å². The maximum Gasteiger partial charge on any atom is 0.164 e. The van der Waals surface area contributed by atoms with E-state index in [1.807, 2.05) is 54.6 Å². The molecule has 0 aliphatic rings. The number of benzene rings is 3. The highest BCUT2D eigenvalue weighted by molar-refractivity contribution is 6.14. The zero-order valence-corrected chi connectivity index (χ0v) is 13.3. The SMILES string of the molecule is CCCCC(=O)c1c(-c2ccccc2)cc(O)c2ccccc12. The summed E-state index contributed by atoms with van der Waals surface area (Å²) in [6.45, 7) is 2.08. The molecule has 0 saturated heterocycles. The lowest BCUT2D eigenvalue weighted by molar-refractivity contribution is 0.0982. The van der Waals surface area contributed by atoms with Gasteiger partial charge in [-0.25, -0.2) is 0 Å². The molecule has 3 aromatic carbocycles. The van der Waals surface area contributed by atoms with Gasteiger partial charge in [0.2, 0.25) is 0 Å². The average molecular weight is 304 g/mol. The van der Waals surface area contributed by atoms with Crippen LogP contribution in [-0.2, 0) is 0 Å². The van der Waals surface area contributed by atoms with E-state index >= 15 is 0 Å². The molecule has 0 unspecified atom stereocenters. The molecule has 0 aliphatic heterocycles. The fourth-order valence-corrected chi connectivity index (χ4v) is 2.96. The minimum Gasteiger partial charge on any atom is -0.507 e. The Bertz CT molecular complexity index is 835. The van der Waals surface area contributed by atoms with E-state index in [9.17, 15) is 9.90 Å². The smallest absolute Gasteiger partial charge is 0.164 e. The highest BCUT2D eigenvalue weighted by Gasteiger charge is 2.18. The first-order valence-electron chi connectivity index (χ1n) is 8.05. The number of ketones is 1. The van der Waals surface area contributed by atoms with Crippen LogP contribution in [0.3, 0.4) is 0 Å². The molecule has 0 atom stereocenters. The number of phenols is 1. The van der Waals surface area contributed by atoms with Crippen molar-refractivity contribution in [2.75, 3.05) is 0 Å². The molecule has 0 spiro atoms. The third-order valence-corrected chi connectivity index (χ3v) is 4.14. The van der Waals surface area contributed by atoms with Crippen LogP contribution in [0.1, 0.15) is 36.5 Å². The Labute approximate surface area is 136 Å². The zero-order chi connectivity index (χ0) is 16.2. The molecule has 2 heteroatoms. The van der Waals surface area contributed by atoms with Gasteiger partial charge in [0, 0.05) is 17.4 Å². The second-order valence-corrected chi connectivity index (χ2v) is 5.76. The van der Waals surface area contributed by atoms with E-state index in [4.69, 9.17) is 0 Å². The van der Waals surface area contributed by atoms with Crippen LogP contribution in [0.5, 0.6) is 5.75 Å². The monoisotopic (exact) mass is 304 g/mol. The molecule has 0 saturated carbocycles. The van der Waals surface area contributed by atoms with Crippen molar-refractivity contribution in [2.24, 2.45) is 0 Å². The third kappa shape index (κ3) is 2.98. The Morgan fingerprint density at radius 2 is 1.61 bits per heavy atom. The first kappa shape index (κ1) is 15.3. The first-order chi connectivity index (χ1) is 11.2.